The summed E-state index contributed by atoms with van der Waals surface area (Å²) in [6.45, 7) is 1.98. The van der Waals surface area contributed by atoms with E-state index >= 15 is 0 Å². The minimum atomic E-state index is -1.11. The largest absolute Gasteiger partial charge is 0.254 e. The van der Waals surface area contributed by atoms with E-state index in [0.29, 0.717) is 11.5 Å². The normalized spacial score (nSPS) is 13.3. The summed E-state index contributed by atoms with van der Waals surface area (Å²) < 4.78 is 25.4. The standard InChI is InChI=1S/C21H20O2S2/c1-17-9-5-8-14-21(17)25(23)16-19-11-7-6-10-18(19)15-24(22)20-12-3-2-4-13-20/h2-14H,15-16H2,1H3. The lowest BCUT2D eigenvalue weighted by molar-refractivity contribution is 0.680. The smallest absolute Gasteiger partial charge is 0.0576 e. The van der Waals surface area contributed by atoms with Crippen LogP contribution in [0.5, 0.6) is 0 Å². The molecule has 0 aliphatic heterocycles. The Kier molecular flexibility index (Phi) is 5.95. The van der Waals surface area contributed by atoms with Gasteiger partial charge in [-0.15, -0.1) is 0 Å². The Bertz CT molecular complexity index is 905. The van der Waals surface area contributed by atoms with E-state index in [1.165, 1.54) is 0 Å². The van der Waals surface area contributed by atoms with E-state index in [2.05, 4.69) is 0 Å². The first kappa shape index (κ1) is 17.8. The van der Waals surface area contributed by atoms with Crippen LogP contribution in [0.2, 0.25) is 0 Å². The summed E-state index contributed by atoms with van der Waals surface area (Å²) in [5.41, 5.74) is 3.02. The zero-order chi connectivity index (χ0) is 17.6. The first-order valence-corrected chi connectivity index (χ1v) is 10.7. The molecule has 3 aromatic rings. The monoisotopic (exact) mass is 368 g/mol. The molecular weight excluding hydrogens is 348 g/mol. The number of hydrogen-bond acceptors (Lipinski definition) is 2. The van der Waals surface area contributed by atoms with Crippen LogP contribution in [-0.2, 0) is 33.1 Å². The van der Waals surface area contributed by atoms with Gasteiger partial charge in [0.25, 0.3) is 0 Å². The van der Waals surface area contributed by atoms with Crippen LogP contribution in [0.4, 0.5) is 0 Å². The molecule has 128 valence electrons. The lowest BCUT2D eigenvalue weighted by atomic mass is 10.1. The molecule has 0 spiro atoms. The fraction of sp³-hybridized carbons (Fsp3) is 0.143. The molecule has 2 nitrogen and oxygen atoms in total. The Labute approximate surface area is 153 Å². The van der Waals surface area contributed by atoms with Crippen molar-refractivity contribution in [1.82, 2.24) is 0 Å². The van der Waals surface area contributed by atoms with Crippen LogP contribution in [0.1, 0.15) is 16.7 Å². The fourth-order valence-electron chi connectivity index (χ4n) is 2.67. The van der Waals surface area contributed by atoms with Crippen LogP contribution in [-0.4, -0.2) is 8.42 Å². The quantitative estimate of drug-likeness (QED) is 0.637. The maximum Gasteiger partial charge on any atom is 0.0576 e. The maximum absolute atomic E-state index is 12.8. The Morgan fingerprint density at radius 2 is 1.16 bits per heavy atom. The van der Waals surface area contributed by atoms with Gasteiger partial charge < -0.3 is 0 Å². The number of rotatable bonds is 6. The highest BCUT2D eigenvalue weighted by Gasteiger charge is 2.13. The van der Waals surface area contributed by atoms with Crippen molar-refractivity contribution in [3.63, 3.8) is 0 Å². The summed E-state index contributed by atoms with van der Waals surface area (Å²) in [5, 5.41) is 0. The number of benzene rings is 3. The van der Waals surface area contributed by atoms with Crippen molar-refractivity contribution in [2.75, 3.05) is 0 Å². The van der Waals surface area contributed by atoms with Crippen molar-refractivity contribution >= 4 is 21.6 Å². The summed E-state index contributed by atoms with van der Waals surface area (Å²) in [6.07, 6.45) is 0. The molecule has 3 aromatic carbocycles. The summed E-state index contributed by atoms with van der Waals surface area (Å²) in [7, 11) is -2.22. The van der Waals surface area contributed by atoms with Gasteiger partial charge in [0.15, 0.2) is 0 Å². The van der Waals surface area contributed by atoms with E-state index in [0.717, 1.165) is 26.5 Å². The second-order valence-electron chi connectivity index (χ2n) is 5.83. The highest BCUT2D eigenvalue weighted by Crippen LogP contribution is 2.21. The fourth-order valence-corrected chi connectivity index (χ4v) is 5.24. The van der Waals surface area contributed by atoms with Gasteiger partial charge in [-0.25, -0.2) is 0 Å². The zero-order valence-corrected chi connectivity index (χ0v) is 15.7. The Hall–Kier alpha value is -2.04. The molecule has 0 aromatic heterocycles. The number of aryl methyl sites for hydroxylation is 1. The summed E-state index contributed by atoms with van der Waals surface area (Å²) in [4.78, 5) is 1.68. The minimum absolute atomic E-state index is 0.436. The highest BCUT2D eigenvalue weighted by atomic mass is 32.2. The third-order valence-electron chi connectivity index (χ3n) is 4.04. The van der Waals surface area contributed by atoms with Gasteiger partial charge in [0.1, 0.15) is 0 Å². The molecule has 4 heteroatoms. The van der Waals surface area contributed by atoms with Crippen LogP contribution in [0.15, 0.2) is 88.7 Å². The van der Waals surface area contributed by atoms with E-state index in [1.54, 1.807) is 0 Å². The van der Waals surface area contributed by atoms with E-state index < -0.39 is 21.6 Å². The molecule has 2 atom stereocenters. The molecule has 0 N–H and O–H groups in total. The highest BCUT2D eigenvalue weighted by molar-refractivity contribution is 7.84. The molecule has 0 aliphatic carbocycles. The third kappa shape index (κ3) is 4.53. The first-order valence-electron chi connectivity index (χ1n) is 8.09. The van der Waals surface area contributed by atoms with Crippen molar-refractivity contribution in [1.29, 1.82) is 0 Å². The van der Waals surface area contributed by atoms with Crippen LogP contribution >= 0.6 is 0 Å². The van der Waals surface area contributed by atoms with Crippen molar-refractivity contribution in [3.8, 4) is 0 Å². The average Bonchev–Trinajstić information content (AvgIpc) is 2.64. The van der Waals surface area contributed by atoms with Crippen molar-refractivity contribution in [2.24, 2.45) is 0 Å². The zero-order valence-electron chi connectivity index (χ0n) is 14.1. The second kappa shape index (κ2) is 8.37. The predicted octanol–water partition coefficient (Wildman–Crippen LogP) is 4.61. The van der Waals surface area contributed by atoms with Gasteiger partial charge in [-0.05, 0) is 41.8 Å². The molecule has 0 bridgehead atoms. The van der Waals surface area contributed by atoms with Gasteiger partial charge in [-0.3, -0.25) is 8.42 Å². The average molecular weight is 369 g/mol. The lowest BCUT2D eigenvalue weighted by Crippen LogP contribution is -2.04. The van der Waals surface area contributed by atoms with Gasteiger partial charge in [0.05, 0.1) is 33.1 Å². The van der Waals surface area contributed by atoms with E-state index in [1.807, 2.05) is 85.8 Å². The lowest BCUT2D eigenvalue weighted by Gasteiger charge is -2.11. The Morgan fingerprint density at radius 1 is 0.640 bits per heavy atom. The summed E-state index contributed by atoms with van der Waals surface area (Å²) >= 11 is 0. The molecule has 0 fully saturated rings. The maximum atomic E-state index is 12.8. The SMILES string of the molecule is Cc1ccccc1S(=O)Cc1ccccc1CS(=O)c1ccccc1. The molecule has 0 amide bonds. The number of hydrogen-bond donors (Lipinski definition) is 0. The van der Waals surface area contributed by atoms with Crippen LogP contribution in [0, 0.1) is 6.92 Å². The minimum Gasteiger partial charge on any atom is -0.254 e. The van der Waals surface area contributed by atoms with Gasteiger partial charge >= 0.3 is 0 Å². The van der Waals surface area contributed by atoms with Gasteiger partial charge in [-0.1, -0.05) is 60.7 Å². The second-order valence-corrected chi connectivity index (χ2v) is 8.70. The van der Waals surface area contributed by atoms with E-state index in [9.17, 15) is 8.42 Å². The molecule has 25 heavy (non-hydrogen) atoms. The van der Waals surface area contributed by atoms with Crippen LogP contribution in [0.25, 0.3) is 0 Å². The Morgan fingerprint density at radius 3 is 1.80 bits per heavy atom. The van der Waals surface area contributed by atoms with Crippen molar-refractivity contribution in [3.05, 3.63) is 95.6 Å². The van der Waals surface area contributed by atoms with Gasteiger partial charge in [-0.2, -0.15) is 0 Å². The van der Waals surface area contributed by atoms with E-state index in [4.69, 9.17) is 0 Å². The third-order valence-corrected chi connectivity index (χ3v) is 6.93. The van der Waals surface area contributed by atoms with Crippen molar-refractivity contribution < 1.29 is 8.42 Å². The molecule has 0 saturated carbocycles. The molecule has 0 aliphatic rings. The molecular formula is C21H20O2S2. The topological polar surface area (TPSA) is 34.1 Å². The van der Waals surface area contributed by atoms with E-state index in [-0.39, 0.29) is 0 Å². The molecule has 2 unspecified atom stereocenters. The van der Waals surface area contributed by atoms with Crippen LogP contribution in [0.3, 0.4) is 0 Å². The van der Waals surface area contributed by atoms with Crippen molar-refractivity contribution in [2.45, 2.75) is 28.2 Å². The first-order chi connectivity index (χ1) is 12.1. The van der Waals surface area contributed by atoms with Gasteiger partial charge in [0.2, 0.25) is 0 Å². The predicted molar refractivity (Wildman–Crippen MR) is 104 cm³/mol. The summed E-state index contributed by atoms with van der Waals surface area (Å²) in [5.74, 6) is 0.873. The molecule has 0 heterocycles. The molecule has 3 rings (SSSR count). The molecule has 0 saturated heterocycles. The Balaban J connectivity index is 1.81. The van der Waals surface area contributed by atoms with Gasteiger partial charge in [0, 0.05) is 9.79 Å². The van der Waals surface area contributed by atoms with Crippen LogP contribution < -0.4 is 0 Å². The molecule has 0 radical (unpaired) electrons. The summed E-state index contributed by atoms with van der Waals surface area (Å²) in [6, 6.07) is 25.1.